The van der Waals surface area contributed by atoms with Gasteiger partial charge in [0, 0.05) is 25.7 Å². The fourth-order valence-electron chi connectivity index (χ4n) is 3.29. The Balaban J connectivity index is 1.88. The first-order valence-corrected chi connectivity index (χ1v) is 8.42. The maximum Gasteiger partial charge on any atom is 0.248 e. The highest BCUT2D eigenvalue weighted by atomic mass is 16.1. The van der Waals surface area contributed by atoms with Crippen molar-refractivity contribution >= 4 is 11.9 Å². The lowest BCUT2D eigenvalue weighted by molar-refractivity contribution is 0.1000. The van der Waals surface area contributed by atoms with Crippen LogP contribution in [0.15, 0.2) is 29.3 Å². The third-order valence-corrected chi connectivity index (χ3v) is 4.94. The Bertz CT molecular complexity index is 562. The molecule has 1 aromatic carbocycles. The minimum Gasteiger partial charge on any atom is -0.366 e. The molecule has 0 bridgehead atoms. The molecule has 0 spiro atoms. The largest absolute Gasteiger partial charge is 0.366 e. The first kappa shape index (κ1) is 17.3. The molecule has 0 heterocycles. The average Bonchev–Trinajstić information content (AvgIpc) is 3.05. The van der Waals surface area contributed by atoms with Gasteiger partial charge < -0.3 is 16.4 Å². The lowest BCUT2D eigenvalue weighted by atomic mass is 9.83. The molecule has 5 nitrogen and oxygen atoms in total. The van der Waals surface area contributed by atoms with E-state index in [1.807, 2.05) is 18.2 Å². The van der Waals surface area contributed by atoms with Crippen molar-refractivity contribution in [3.05, 3.63) is 35.4 Å². The Hall–Kier alpha value is -2.04. The molecule has 126 valence electrons. The van der Waals surface area contributed by atoms with E-state index in [4.69, 9.17) is 5.73 Å². The van der Waals surface area contributed by atoms with E-state index < -0.39 is 5.91 Å². The van der Waals surface area contributed by atoms with Gasteiger partial charge in [-0.25, -0.2) is 0 Å². The van der Waals surface area contributed by atoms with Crippen LogP contribution in [0.4, 0.5) is 0 Å². The van der Waals surface area contributed by atoms with E-state index in [0.29, 0.717) is 17.5 Å². The summed E-state index contributed by atoms with van der Waals surface area (Å²) in [5, 5.41) is 6.76. The van der Waals surface area contributed by atoms with Gasteiger partial charge in [-0.05, 0) is 42.4 Å². The van der Waals surface area contributed by atoms with Crippen LogP contribution in [-0.4, -0.2) is 25.5 Å². The molecule has 4 N–H and O–H groups in total. The Morgan fingerprint density at radius 2 is 2.04 bits per heavy atom. The third kappa shape index (κ3) is 4.71. The van der Waals surface area contributed by atoms with Crippen molar-refractivity contribution in [2.45, 2.75) is 45.6 Å². The van der Waals surface area contributed by atoms with Gasteiger partial charge in [0.25, 0.3) is 0 Å². The molecule has 0 radical (unpaired) electrons. The second kappa shape index (κ2) is 7.99. The maximum absolute atomic E-state index is 11.2. The number of carbonyl (C=O) groups is 1. The van der Waals surface area contributed by atoms with Crippen LogP contribution in [0.2, 0.25) is 0 Å². The van der Waals surface area contributed by atoms with Gasteiger partial charge in [-0.15, -0.1) is 0 Å². The minimum absolute atomic E-state index is 0.402. The molecule has 1 saturated carbocycles. The molecule has 23 heavy (non-hydrogen) atoms. The Labute approximate surface area is 138 Å². The quantitative estimate of drug-likeness (QED) is 0.557. The van der Waals surface area contributed by atoms with Crippen molar-refractivity contribution in [3.8, 4) is 0 Å². The molecule has 1 fully saturated rings. The summed E-state index contributed by atoms with van der Waals surface area (Å²) in [6.45, 7) is 3.85. The SMILES string of the molecule is CCC1(CNC(=NC)NCc2cccc(C(N)=O)c2)CCCC1. The first-order chi connectivity index (χ1) is 11.1. The zero-order chi connectivity index (χ0) is 16.7. The standard InChI is InChI=1S/C18H28N4O/c1-3-18(9-4-5-10-18)13-22-17(20-2)21-12-14-7-6-8-15(11-14)16(19)23/h6-8,11H,3-5,9-10,12-13H2,1-2H3,(H2,19,23)(H2,20,21,22). The van der Waals surface area contributed by atoms with E-state index in [1.165, 1.54) is 32.1 Å². The fraction of sp³-hybridized carbons (Fsp3) is 0.556. The number of hydrogen-bond donors (Lipinski definition) is 3. The molecule has 1 aromatic rings. The predicted octanol–water partition coefficient (Wildman–Crippen LogP) is 2.42. The Morgan fingerprint density at radius 1 is 1.30 bits per heavy atom. The van der Waals surface area contributed by atoms with Crippen LogP contribution in [0, 0.1) is 5.41 Å². The molecule has 5 heteroatoms. The molecule has 0 aliphatic heterocycles. The topological polar surface area (TPSA) is 79.5 Å². The molecule has 1 aliphatic carbocycles. The highest BCUT2D eigenvalue weighted by molar-refractivity contribution is 5.92. The summed E-state index contributed by atoms with van der Waals surface area (Å²) in [5.74, 6) is 0.398. The van der Waals surface area contributed by atoms with E-state index in [2.05, 4.69) is 22.5 Å². The number of nitrogens with one attached hydrogen (secondary N) is 2. The summed E-state index contributed by atoms with van der Waals surface area (Å²) < 4.78 is 0. The Kier molecular flexibility index (Phi) is 6.02. The van der Waals surface area contributed by atoms with Crippen LogP contribution < -0.4 is 16.4 Å². The van der Waals surface area contributed by atoms with Crippen molar-refractivity contribution in [1.82, 2.24) is 10.6 Å². The number of nitrogens with two attached hydrogens (primary N) is 1. The summed E-state index contributed by atoms with van der Waals surface area (Å²) in [7, 11) is 1.78. The summed E-state index contributed by atoms with van der Waals surface area (Å²) in [5.41, 5.74) is 7.28. The maximum atomic E-state index is 11.2. The number of primary amides is 1. The summed E-state index contributed by atoms with van der Waals surface area (Å²) in [4.78, 5) is 15.5. The van der Waals surface area contributed by atoms with E-state index in [1.54, 1.807) is 13.1 Å². The zero-order valence-corrected chi connectivity index (χ0v) is 14.2. The van der Waals surface area contributed by atoms with Gasteiger partial charge in [0.05, 0.1) is 0 Å². The van der Waals surface area contributed by atoms with Gasteiger partial charge in [-0.3, -0.25) is 9.79 Å². The van der Waals surface area contributed by atoms with Crippen LogP contribution in [0.3, 0.4) is 0 Å². The van der Waals surface area contributed by atoms with E-state index in [9.17, 15) is 4.79 Å². The molecule has 0 atom stereocenters. The molecule has 1 aliphatic rings. The molecule has 2 rings (SSSR count). The fourth-order valence-corrected chi connectivity index (χ4v) is 3.29. The van der Waals surface area contributed by atoms with Crippen LogP contribution in [0.25, 0.3) is 0 Å². The van der Waals surface area contributed by atoms with Crippen molar-refractivity contribution in [2.75, 3.05) is 13.6 Å². The Morgan fingerprint density at radius 3 is 2.65 bits per heavy atom. The second-order valence-electron chi connectivity index (χ2n) is 6.40. The molecule has 0 unspecified atom stereocenters. The average molecular weight is 316 g/mol. The van der Waals surface area contributed by atoms with E-state index in [-0.39, 0.29) is 0 Å². The summed E-state index contributed by atoms with van der Waals surface area (Å²) >= 11 is 0. The van der Waals surface area contributed by atoms with E-state index in [0.717, 1.165) is 18.1 Å². The number of amides is 1. The van der Waals surface area contributed by atoms with Gasteiger partial charge in [-0.1, -0.05) is 31.9 Å². The number of carbonyl (C=O) groups excluding carboxylic acids is 1. The van der Waals surface area contributed by atoms with Crippen LogP contribution >= 0.6 is 0 Å². The predicted molar refractivity (Wildman–Crippen MR) is 94.4 cm³/mol. The third-order valence-electron chi connectivity index (χ3n) is 4.94. The highest BCUT2D eigenvalue weighted by Crippen LogP contribution is 2.40. The molecular formula is C18H28N4O. The number of rotatable bonds is 6. The zero-order valence-electron chi connectivity index (χ0n) is 14.2. The highest BCUT2D eigenvalue weighted by Gasteiger charge is 2.31. The number of hydrogen-bond acceptors (Lipinski definition) is 2. The summed E-state index contributed by atoms with van der Waals surface area (Å²) in [6.07, 6.45) is 6.48. The normalized spacial score (nSPS) is 17.0. The van der Waals surface area contributed by atoms with Gasteiger partial charge in [0.15, 0.2) is 5.96 Å². The first-order valence-electron chi connectivity index (χ1n) is 8.42. The van der Waals surface area contributed by atoms with E-state index >= 15 is 0 Å². The number of aliphatic imine (C=N–C) groups is 1. The number of benzene rings is 1. The minimum atomic E-state index is -0.402. The van der Waals surface area contributed by atoms with Crippen molar-refractivity contribution < 1.29 is 4.79 Å². The lowest BCUT2D eigenvalue weighted by Crippen LogP contribution is -2.42. The van der Waals surface area contributed by atoms with Gasteiger partial charge in [-0.2, -0.15) is 0 Å². The number of guanidine groups is 1. The van der Waals surface area contributed by atoms with Crippen molar-refractivity contribution in [1.29, 1.82) is 0 Å². The van der Waals surface area contributed by atoms with Crippen LogP contribution in [0.5, 0.6) is 0 Å². The van der Waals surface area contributed by atoms with Crippen molar-refractivity contribution in [2.24, 2.45) is 16.1 Å². The summed E-state index contributed by atoms with van der Waals surface area (Å²) in [6, 6.07) is 7.35. The molecular weight excluding hydrogens is 288 g/mol. The monoisotopic (exact) mass is 316 g/mol. The molecule has 1 amide bonds. The van der Waals surface area contributed by atoms with Gasteiger partial charge in [0.1, 0.15) is 0 Å². The van der Waals surface area contributed by atoms with Gasteiger partial charge >= 0.3 is 0 Å². The van der Waals surface area contributed by atoms with Crippen LogP contribution in [0.1, 0.15) is 54.9 Å². The molecule has 0 aromatic heterocycles. The van der Waals surface area contributed by atoms with Gasteiger partial charge in [0.2, 0.25) is 5.91 Å². The molecule has 0 saturated heterocycles. The second-order valence-corrected chi connectivity index (χ2v) is 6.40. The lowest BCUT2D eigenvalue weighted by Gasteiger charge is -2.28. The van der Waals surface area contributed by atoms with Crippen molar-refractivity contribution in [3.63, 3.8) is 0 Å². The number of nitrogens with zero attached hydrogens (tertiary/aromatic N) is 1. The van der Waals surface area contributed by atoms with Crippen LogP contribution in [-0.2, 0) is 6.54 Å². The smallest absolute Gasteiger partial charge is 0.248 e.